The molecule has 9 nitrogen and oxygen atoms in total. The zero-order valence-electron chi connectivity index (χ0n) is 15.3. The second-order valence-corrected chi connectivity index (χ2v) is 7.07. The van der Waals surface area contributed by atoms with Crippen LogP contribution in [0.4, 0.5) is 4.79 Å². The maximum absolute atomic E-state index is 13.0. The first kappa shape index (κ1) is 18.3. The number of carbonyl (C=O) groups is 4. The number of hydrogen-bond acceptors (Lipinski definition) is 6. The van der Waals surface area contributed by atoms with Crippen molar-refractivity contribution in [2.45, 2.75) is 24.8 Å². The van der Waals surface area contributed by atoms with E-state index in [4.69, 9.17) is 9.47 Å². The van der Waals surface area contributed by atoms with Crippen LogP contribution in [0.25, 0.3) is 0 Å². The van der Waals surface area contributed by atoms with E-state index in [9.17, 15) is 19.2 Å². The van der Waals surface area contributed by atoms with Crippen molar-refractivity contribution < 1.29 is 28.7 Å². The average molecular weight is 387 g/mol. The Morgan fingerprint density at radius 1 is 1.18 bits per heavy atom. The summed E-state index contributed by atoms with van der Waals surface area (Å²) < 4.78 is 10.6. The maximum Gasteiger partial charge on any atom is 0.326 e. The molecule has 0 saturated carbocycles. The van der Waals surface area contributed by atoms with Crippen molar-refractivity contribution in [3.63, 3.8) is 0 Å². The molecule has 1 aromatic rings. The summed E-state index contributed by atoms with van der Waals surface area (Å²) >= 11 is 0. The predicted molar refractivity (Wildman–Crippen MR) is 95.2 cm³/mol. The molecule has 28 heavy (non-hydrogen) atoms. The highest BCUT2D eigenvalue weighted by Gasteiger charge is 2.55. The molecular weight excluding hydrogens is 366 g/mol. The standard InChI is InChI=1S/C19H21N3O6/c23-15(21-8-3-4-9-21)12-28-16(24)11-22-17(25)19(20-18(22)26)7-10-27-14-6-2-1-5-13(14)19/h1-2,5-6H,3-4,7-12H2,(H,20,26)/t19-/m1/s1. The van der Waals surface area contributed by atoms with Crippen molar-refractivity contribution in [2.24, 2.45) is 0 Å². The Kier molecular flexibility index (Phi) is 4.66. The van der Waals surface area contributed by atoms with Gasteiger partial charge in [0.2, 0.25) is 0 Å². The lowest BCUT2D eigenvalue weighted by atomic mass is 9.84. The van der Waals surface area contributed by atoms with Crippen LogP contribution in [-0.2, 0) is 24.7 Å². The van der Waals surface area contributed by atoms with Gasteiger partial charge >= 0.3 is 12.0 Å². The van der Waals surface area contributed by atoms with Crippen LogP contribution in [0.3, 0.4) is 0 Å². The van der Waals surface area contributed by atoms with Gasteiger partial charge in [-0.15, -0.1) is 0 Å². The van der Waals surface area contributed by atoms with Gasteiger partial charge in [0, 0.05) is 25.1 Å². The lowest BCUT2D eigenvalue weighted by molar-refractivity contribution is -0.153. The van der Waals surface area contributed by atoms with E-state index in [0.29, 0.717) is 24.4 Å². The Labute approximate surface area is 161 Å². The van der Waals surface area contributed by atoms with E-state index in [2.05, 4.69) is 5.32 Å². The van der Waals surface area contributed by atoms with Crippen LogP contribution in [0.1, 0.15) is 24.8 Å². The number of esters is 1. The average Bonchev–Trinajstić information content (AvgIpc) is 3.31. The van der Waals surface area contributed by atoms with Gasteiger partial charge in [-0.25, -0.2) is 4.79 Å². The maximum atomic E-state index is 13.0. The van der Waals surface area contributed by atoms with E-state index in [0.717, 1.165) is 17.7 Å². The zero-order chi connectivity index (χ0) is 19.7. The second kappa shape index (κ2) is 7.14. The van der Waals surface area contributed by atoms with E-state index in [1.165, 1.54) is 0 Å². The van der Waals surface area contributed by atoms with Crippen molar-refractivity contribution in [3.8, 4) is 5.75 Å². The summed E-state index contributed by atoms with van der Waals surface area (Å²) in [5.41, 5.74) is -0.669. The molecule has 4 rings (SSSR count). The fraction of sp³-hybridized carbons (Fsp3) is 0.474. The van der Waals surface area contributed by atoms with Crippen molar-refractivity contribution in [1.29, 1.82) is 0 Å². The number of nitrogens with zero attached hydrogens (tertiary/aromatic N) is 2. The third-order valence-corrected chi connectivity index (χ3v) is 5.36. The van der Waals surface area contributed by atoms with Gasteiger partial charge in [-0.1, -0.05) is 18.2 Å². The highest BCUT2D eigenvalue weighted by molar-refractivity contribution is 6.09. The number of nitrogens with one attached hydrogen (secondary N) is 1. The van der Waals surface area contributed by atoms with Crippen LogP contribution in [0.2, 0.25) is 0 Å². The van der Waals surface area contributed by atoms with Gasteiger partial charge in [0.15, 0.2) is 12.1 Å². The minimum absolute atomic E-state index is 0.266. The van der Waals surface area contributed by atoms with Crippen LogP contribution < -0.4 is 10.1 Å². The topological polar surface area (TPSA) is 105 Å². The fourth-order valence-corrected chi connectivity index (χ4v) is 3.89. The Balaban J connectivity index is 1.42. The minimum atomic E-state index is -1.24. The Hall–Kier alpha value is -3.10. The number of para-hydroxylation sites is 1. The molecule has 0 radical (unpaired) electrons. The molecule has 1 spiro atoms. The van der Waals surface area contributed by atoms with E-state index in [-0.39, 0.29) is 25.5 Å². The van der Waals surface area contributed by atoms with E-state index < -0.39 is 30.0 Å². The van der Waals surface area contributed by atoms with E-state index in [1.54, 1.807) is 29.2 Å². The summed E-state index contributed by atoms with van der Waals surface area (Å²) in [6.07, 6.45) is 2.15. The first-order valence-electron chi connectivity index (χ1n) is 9.31. The van der Waals surface area contributed by atoms with Crippen molar-refractivity contribution in [1.82, 2.24) is 15.1 Å². The lowest BCUT2D eigenvalue weighted by Crippen LogP contribution is -2.47. The minimum Gasteiger partial charge on any atom is -0.493 e. The van der Waals surface area contributed by atoms with Crippen LogP contribution in [0, 0.1) is 0 Å². The van der Waals surface area contributed by atoms with Gasteiger partial charge in [0.05, 0.1) is 6.61 Å². The molecule has 148 valence electrons. The molecule has 2 fully saturated rings. The molecule has 3 aliphatic rings. The Morgan fingerprint density at radius 2 is 1.93 bits per heavy atom. The summed E-state index contributed by atoms with van der Waals surface area (Å²) in [6, 6.07) is 6.34. The predicted octanol–water partition coefficient (Wildman–Crippen LogP) is 0.382. The SMILES string of the molecule is O=C(CN1C(=O)N[C@@]2(CCOc3ccccc32)C1=O)OCC(=O)N1CCCC1. The highest BCUT2D eigenvalue weighted by atomic mass is 16.5. The van der Waals surface area contributed by atoms with Crippen LogP contribution in [0.5, 0.6) is 5.75 Å². The first-order chi connectivity index (χ1) is 13.5. The number of urea groups is 1. The number of ether oxygens (including phenoxy) is 2. The molecule has 1 aromatic carbocycles. The first-order valence-corrected chi connectivity index (χ1v) is 9.31. The quantitative estimate of drug-likeness (QED) is 0.592. The highest BCUT2D eigenvalue weighted by Crippen LogP contribution is 2.40. The van der Waals surface area contributed by atoms with Gasteiger partial charge < -0.3 is 19.7 Å². The van der Waals surface area contributed by atoms with E-state index in [1.807, 2.05) is 0 Å². The number of carbonyl (C=O) groups excluding carboxylic acids is 4. The summed E-state index contributed by atoms with van der Waals surface area (Å²) in [7, 11) is 0. The number of fused-ring (bicyclic) bond motifs is 2. The van der Waals surface area contributed by atoms with Gasteiger partial charge in [-0.2, -0.15) is 0 Å². The molecule has 3 aliphatic heterocycles. The molecule has 1 N–H and O–H groups in total. The van der Waals surface area contributed by atoms with Crippen molar-refractivity contribution >= 4 is 23.8 Å². The third kappa shape index (κ3) is 3.06. The molecule has 4 amide bonds. The fourth-order valence-electron chi connectivity index (χ4n) is 3.89. The molecule has 0 aromatic heterocycles. The summed E-state index contributed by atoms with van der Waals surface area (Å²) in [6.45, 7) is 0.666. The third-order valence-electron chi connectivity index (χ3n) is 5.36. The number of benzene rings is 1. The van der Waals surface area contributed by atoms with Crippen molar-refractivity contribution in [3.05, 3.63) is 29.8 Å². The van der Waals surface area contributed by atoms with Gasteiger partial charge in [-0.05, 0) is 18.9 Å². The smallest absolute Gasteiger partial charge is 0.326 e. The van der Waals surface area contributed by atoms with E-state index >= 15 is 0 Å². The number of hydrogen-bond donors (Lipinski definition) is 1. The number of rotatable bonds is 4. The van der Waals surface area contributed by atoms with Crippen LogP contribution in [0.15, 0.2) is 24.3 Å². The largest absolute Gasteiger partial charge is 0.493 e. The van der Waals surface area contributed by atoms with Gasteiger partial charge in [-0.3, -0.25) is 19.3 Å². The molecule has 0 aliphatic carbocycles. The van der Waals surface area contributed by atoms with Gasteiger partial charge in [0.25, 0.3) is 11.8 Å². The number of likely N-dealkylation sites (tertiary alicyclic amines) is 1. The lowest BCUT2D eigenvalue weighted by Gasteiger charge is -2.33. The molecule has 9 heteroatoms. The Morgan fingerprint density at radius 3 is 2.71 bits per heavy atom. The van der Waals surface area contributed by atoms with Crippen LogP contribution in [-0.4, -0.2) is 66.5 Å². The monoisotopic (exact) mass is 387 g/mol. The van der Waals surface area contributed by atoms with Gasteiger partial charge in [0.1, 0.15) is 12.3 Å². The molecular formula is C19H21N3O6. The molecule has 0 bridgehead atoms. The molecule has 2 saturated heterocycles. The summed E-state index contributed by atoms with van der Waals surface area (Å²) in [5, 5.41) is 2.71. The van der Waals surface area contributed by atoms with Crippen LogP contribution >= 0.6 is 0 Å². The second-order valence-electron chi connectivity index (χ2n) is 7.07. The summed E-state index contributed by atoms with van der Waals surface area (Å²) in [4.78, 5) is 52.0. The molecule has 3 heterocycles. The Bertz CT molecular complexity index is 835. The number of amides is 4. The summed E-state index contributed by atoms with van der Waals surface area (Å²) in [5.74, 6) is -1.05. The van der Waals surface area contributed by atoms with Crippen molar-refractivity contribution in [2.75, 3.05) is 32.8 Å². The number of imide groups is 1. The normalized spacial score (nSPS) is 23.4. The molecule has 0 unspecified atom stereocenters. The zero-order valence-corrected chi connectivity index (χ0v) is 15.3. The molecule has 1 atom stereocenters.